The van der Waals surface area contributed by atoms with Gasteiger partial charge in [-0.05, 0) is 62.4 Å². The highest BCUT2D eigenvalue weighted by atomic mass is 35.5. The average molecular weight is 542 g/mol. The van der Waals surface area contributed by atoms with Crippen molar-refractivity contribution in [3.05, 3.63) is 126 Å². The molecule has 3 heterocycles. The Kier molecular flexibility index (Phi) is 5.94. The van der Waals surface area contributed by atoms with Crippen molar-refractivity contribution in [3.63, 3.8) is 0 Å². The summed E-state index contributed by atoms with van der Waals surface area (Å²) < 4.78 is 9.96. The van der Waals surface area contributed by atoms with Crippen LogP contribution in [-0.4, -0.2) is 19.1 Å². The molecule has 0 fully saturated rings. The maximum Gasteiger partial charge on any atom is 0.370 e. The number of hydrogen-bond donors (Lipinski definition) is 0. The minimum Gasteiger partial charge on any atom is -0.422 e. The zero-order chi connectivity index (χ0) is 26.4. The van der Waals surface area contributed by atoms with Gasteiger partial charge in [0.2, 0.25) is 4.80 Å². The highest BCUT2D eigenvalue weighted by Crippen LogP contribution is 2.23. The van der Waals surface area contributed by atoms with Crippen LogP contribution in [0.3, 0.4) is 0 Å². The molecule has 38 heavy (non-hydrogen) atoms. The predicted octanol–water partition coefficient (Wildman–Crippen LogP) is 5.48. The number of aryl methyl sites for hydroxylation is 2. The summed E-state index contributed by atoms with van der Waals surface area (Å²) >= 11 is 7.35. The van der Waals surface area contributed by atoms with Crippen LogP contribution in [0.25, 0.3) is 27.9 Å². The Labute approximate surface area is 224 Å². The second kappa shape index (κ2) is 9.44. The van der Waals surface area contributed by atoms with E-state index in [-0.39, 0.29) is 0 Å². The summed E-state index contributed by atoms with van der Waals surface area (Å²) in [5.74, 6) is 0.415. The van der Waals surface area contributed by atoms with Gasteiger partial charge in [0.25, 0.3) is 0 Å². The minimum atomic E-state index is -0.523. The first-order valence-electron chi connectivity index (χ1n) is 11.7. The van der Waals surface area contributed by atoms with Gasteiger partial charge in [0, 0.05) is 15.8 Å². The van der Waals surface area contributed by atoms with Gasteiger partial charge in [0.05, 0.1) is 22.6 Å². The lowest BCUT2D eigenvalue weighted by molar-refractivity contribution is 0.557. The van der Waals surface area contributed by atoms with Crippen molar-refractivity contribution in [2.75, 3.05) is 0 Å². The Morgan fingerprint density at radius 3 is 2.42 bits per heavy atom. The summed E-state index contributed by atoms with van der Waals surface area (Å²) in [6.07, 6.45) is 0. The highest BCUT2D eigenvalue weighted by molar-refractivity contribution is 7.07. The fraction of sp³-hybridized carbons (Fsp3) is 0.0714. The van der Waals surface area contributed by atoms with Gasteiger partial charge in [-0.15, -0.1) is 16.4 Å². The number of thiazole rings is 1. The van der Waals surface area contributed by atoms with E-state index in [2.05, 4.69) is 5.10 Å². The minimum absolute atomic E-state index is 0.298. The second-order valence-corrected chi connectivity index (χ2v) is 9.95. The Balaban J connectivity index is 1.64. The quantitative estimate of drug-likeness (QED) is 0.276. The Bertz CT molecular complexity index is 1990. The first-order chi connectivity index (χ1) is 18.4. The summed E-state index contributed by atoms with van der Waals surface area (Å²) in [6.45, 7) is 3.71. The van der Waals surface area contributed by atoms with Gasteiger partial charge < -0.3 is 4.42 Å². The molecule has 0 aliphatic carbocycles. The van der Waals surface area contributed by atoms with Crippen LogP contribution in [0.2, 0.25) is 5.02 Å². The summed E-state index contributed by atoms with van der Waals surface area (Å²) in [6, 6.07) is 23.6. The highest BCUT2D eigenvalue weighted by Gasteiger charge is 2.21. The molecular formula is C28H20ClN5O3S. The molecule has 188 valence electrons. The average Bonchev–Trinajstić information content (AvgIpc) is 3.44. The van der Waals surface area contributed by atoms with E-state index in [9.17, 15) is 9.59 Å². The van der Waals surface area contributed by atoms with Crippen LogP contribution in [-0.2, 0) is 0 Å². The lowest BCUT2D eigenvalue weighted by Crippen LogP contribution is -2.35. The zero-order valence-electron chi connectivity index (χ0n) is 20.3. The van der Waals surface area contributed by atoms with Crippen LogP contribution in [0.4, 0.5) is 5.69 Å². The maximum atomic E-state index is 13.8. The van der Waals surface area contributed by atoms with Crippen molar-refractivity contribution >= 4 is 39.6 Å². The van der Waals surface area contributed by atoms with Crippen LogP contribution in [0, 0.1) is 13.8 Å². The van der Waals surface area contributed by atoms with Crippen molar-refractivity contribution in [3.8, 4) is 16.9 Å². The summed E-state index contributed by atoms with van der Waals surface area (Å²) in [5.41, 5.74) is 2.63. The molecule has 0 aliphatic rings. The number of nitrogens with zero attached hydrogens (tertiary/aromatic N) is 5. The van der Waals surface area contributed by atoms with Crippen LogP contribution in [0.15, 0.2) is 103 Å². The predicted molar refractivity (Wildman–Crippen MR) is 149 cm³/mol. The molecular weight excluding hydrogens is 522 g/mol. The second-order valence-electron chi connectivity index (χ2n) is 8.68. The van der Waals surface area contributed by atoms with Crippen molar-refractivity contribution in [2.24, 2.45) is 4.99 Å². The third-order valence-electron chi connectivity index (χ3n) is 6.05. The number of halogens is 1. The Morgan fingerprint density at radius 1 is 0.921 bits per heavy atom. The normalized spacial score (nSPS) is 11.9. The first-order valence-corrected chi connectivity index (χ1v) is 13.0. The van der Waals surface area contributed by atoms with Crippen molar-refractivity contribution in [1.29, 1.82) is 0 Å². The van der Waals surface area contributed by atoms with Crippen LogP contribution in [0.5, 0.6) is 0 Å². The molecule has 0 amide bonds. The van der Waals surface area contributed by atoms with Gasteiger partial charge in [0.15, 0.2) is 5.82 Å². The fourth-order valence-corrected chi connectivity index (χ4v) is 5.17. The van der Waals surface area contributed by atoms with Gasteiger partial charge in [-0.25, -0.2) is 19.3 Å². The van der Waals surface area contributed by atoms with Gasteiger partial charge in [-0.1, -0.05) is 47.5 Å². The fourth-order valence-electron chi connectivity index (χ4n) is 4.16. The topological polar surface area (TPSA) is 87.3 Å². The molecule has 6 aromatic rings. The van der Waals surface area contributed by atoms with E-state index in [0.29, 0.717) is 43.9 Å². The zero-order valence-corrected chi connectivity index (χ0v) is 21.9. The summed E-state index contributed by atoms with van der Waals surface area (Å²) in [5, 5.41) is 7.65. The van der Waals surface area contributed by atoms with E-state index >= 15 is 0 Å². The SMILES string of the molecule is Cc1ccc(-n2nc(C)n(-n3c(-c4cc5ccccc5oc4=O)csc3=Nc3ccc(Cl)cc3)c2=O)cc1. The van der Waals surface area contributed by atoms with Crippen LogP contribution >= 0.6 is 22.9 Å². The monoisotopic (exact) mass is 541 g/mol. The number of hydrogen-bond acceptors (Lipinski definition) is 6. The van der Waals surface area contributed by atoms with Gasteiger partial charge in [0.1, 0.15) is 5.58 Å². The maximum absolute atomic E-state index is 13.8. The molecule has 0 saturated heterocycles. The lowest BCUT2D eigenvalue weighted by atomic mass is 10.1. The van der Waals surface area contributed by atoms with Crippen molar-refractivity contribution < 1.29 is 4.42 Å². The molecule has 0 spiro atoms. The van der Waals surface area contributed by atoms with Crippen molar-refractivity contribution in [2.45, 2.75) is 13.8 Å². The number of aromatic nitrogens is 4. The molecule has 0 aliphatic heterocycles. The molecule has 6 rings (SSSR count). The summed E-state index contributed by atoms with van der Waals surface area (Å²) in [7, 11) is 0. The molecule has 10 heteroatoms. The number of fused-ring (bicyclic) bond motifs is 1. The molecule has 0 unspecified atom stereocenters. The lowest BCUT2D eigenvalue weighted by Gasteiger charge is -2.10. The van der Waals surface area contributed by atoms with E-state index < -0.39 is 11.3 Å². The Morgan fingerprint density at radius 2 is 1.66 bits per heavy atom. The summed E-state index contributed by atoms with van der Waals surface area (Å²) in [4.78, 5) is 32.1. The van der Waals surface area contributed by atoms with Crippen LogP contribution in [0.1, 0.15) is 11.4 Å². The van der Waals surface area contributed by atoms with E-state index in [0.717, 1.165) is 10.9 Å². The third kappa shape index (κ3) is 4.21. The molecule has 0 atom stereocenters. The molecule has 0 N–H and O–H groups in total. The number of benzene rings is 3. The molecule has 0 radical (unpaired) electrons. The van der Waals surface area contributed by atoms with Crippen LogP contribution < -0.4 is 16.1 Å². The van der Waals surface area contributed by atoms with Gasteiger partial charge >= 0.3 is 11.3 Å². The van der Waals surface area contributed by atoms with E-state index in [1.54, 1.807) is 59.4 Å². The van der Waals surface area contributed by atoms with E-state index in [1.165, 1.54) is 20.7 Å². The standard InChI is InChI=1S/C28H20ClN5O3S/c1-17-7-13-22(14-8-17)32-28(36)33(18(2)31-32)34-24(16-38-27(34)30-21-11-9-20(29)10-12-21)23-15-19-5-3-4-6-25(19)37-26(23)35/h3-16H,1-2H3. The molecule has 3 aromatic heterocycles. The first kappa shape index (κ1) is 23.9. The molecule has 8 nitrogen and oxygen atoms in total. The van der Waals surface area contributed by atoms with Gasteiger partial charge in [-0.2, -0.15) is 9.36 Å². The smallest absolute Gasteiger partial charge is 0.370 e. The molecule has 0 bridgehead atoms. The van der Waals surface area contributed by atoms with E-state index in [1.807, 2.05) is 43.3 Å². The van der Waals surface area contributed by atoms with E-state index in [4.69, 9.17) is 21.0 Å². The molecule has 0 saturated carbocycles. The molecule has 3 aromatic carbocycles. The third-order valence-corrected chi connectivity index (χ3v) is 7.11. The van der Waals surface area contributed by atoms with Gasteiger partial charge in [-0.3, -0.25) is 0 Å². The Hall–Kier alpha value is -4.47. The number of rotatable bonds is 4. The van der Waals surface area contributed by atoms with Crippen molar-refractivity contribution in [1.82, 2.24) is 19.1 Å². The largest absolute Gasteiger partial charge is 0.422 e. The number of para-hydroxylation sites is 1.